The summed E-state index contributed by atoms with van der Waals surface area (Å²) in [6, 6.07) is 0. The van der Waals surface area contributed by atoms with Crippen LogP contribution >= 0.6 is 0 Å². The van der Waals surface area contributed by atoms with E-state index in [-0.39, 0.29) is 23.7 Å². The van der Waals surface area contributed by atoms with Crippen LogP contribution in [0.25, 0.3) is 0 Å². The van der Waals surface area contributed by atoms with E-state index in [1.807, 2.05) is 0 Å². The van der Waals surface area contributed by atoms with Crippen molar-refractivity contribution in [3.05, 3.63) is 0 Å². The highest BCUT2D eigenvalue weighted by Gasteiger charge is 2.59. The molecule has 4 unspecified atom stereocenters. The number of nitrogens with zero attached hydrogens (tertiary/aromatic N) is 1. The van der Waals surface area contributed by atoms with Crippen molar-refractivity contribution in [2.75, 3.05) is 7.05 Å². The molecule has 3 fully saturated rings. The molecule has 2 aliphatic carbocycles. The van der Waals surface area contributed by atoms with E-state index in [2.05, 4.69) is 0 Å². The summed E-state index contributed by atoms with van der Waals surface area (Å²) >= 11 is 0. The zero-order chi connectivity index (χ0) is 9.16. The van der Waals surface area contributed by atoms with Gasteiger partial charge in [0.1, 0.15) is 0 Å². The van der Waals surface area contributed by atoms with Crippen LogP contribution in [0.2, 0.25) is 0 Å². The Balaban J connectivity index is 2.03. The topological polar surface area (TPSA) is 37.4 Å². The summed E-state index contributed by atoms with van der Waals surface area (Å²) in [6.07, 6.45) is 3.46. The molecule has 0 radical (unpaired) electrons. The van der Waals surface area contributed by atoms with Gasteiger partial charge in [0.05, 0.1) is 11.8 Å². The van der Waals surface area contributed by atoms with E-state index in [1.54, 1.807) is 7.05 Å². The Hall–Kier alpha value is -0.860. The highest BCUT2D eigenvalue weighted by molar-refractivity contribution is 6.05. The minimum atomic E-state index is 0.0660. The van der Waals surface area contributed by atoms with Crippen LogP contribution in [0.1, 0.15) is 19.3 Å². The molecule has 1 heterocycles. The Kier molecular flexibility index (Phi) is 1.24. The minimum absolute atomic E-state index is 0.0660. The van der Waals surface area contributed by atoms with Crippen LogP contribution in [0.3, 0.4) is 0 Å². The third-order valence-electron chi connectivity index (χ3n) is 4.15. The van der Waals surface area contributed by atoms with Gasteiger partial charge in [-0.2, -0.15) is 0 Å². The largest absolute Gasteiger partial charge is 0.285 e. The molecule has 0 spiro atoms. The monoisotopic (exact) mass is 179 g/mol. The van der Waals surface area contributed by atoms with Crippen molar-refractivity contribution < 1.29 is 9.59 Å². The molecule has 0 aromatic heterocycles. The van der Waals surface area contributed by atoms with Crippen molar-refractivity contribution in [3.8, 4) is 0 Å². The van der Waals surface area contributed by atoms with Crippen molar-refractivity contribution in [1.29, 1.82) is 0 Å². The summed E-state index contributed by atoms with van der Waals surface area (Å²) in [5, 5.41) is 0. The van der Waals surface area contributed by atoms with E-state index in [4.69, 9.17) is 0 Å². The first-order valence-corrected chi connectivity index (χ1v) is 5.01. The molecular formula is C10H13NO2. The van der Waals surface area contributed by atoms with Gasteiger partial charge < -0.3 is 0 Å². The van der Waals surface area contributed by atoms with Crippen molar-refractivity contribution in [2.45, 2.75) is 19.3 Å². The molecule has 0 N–H and O–H groups in total. The lowest BCUT2D eigenvalue weighted by Gasteiger charge is -2.19. The highest BCUT2D eigenvalue weighted by Crippen LogP contribution is 2.55. The molecule has 70 valence electrons. The average molecular weight is 179 g/mol. The van der Waals surface area contributed by atoms with Gasteiger partial charge in [-0.05, 0) is 31.1 Å². The zero-order valence-electron chi connectivity index (χ0n) is 7.69. The summed E-state index contributed by atoms with van der Waals surface area (Å²) in [5.74, 6) is 1.35. The molecule has 3 nitrogen and oxygen atoms in total. The normalized spacial score (nSPS) is 47.6. The van der Waals surface area contributed by atoms with E-state index in [9.17, 15) is 9.59 Å². The van der Waals surface area contributed by atoms with Crippen molar-refractivity contribution >= 4 is 11.8 Å². The Labute approximate surface area is 77.1 Å². The Morgan fingerprint density at radius 2 is 1.54 bits per heavy atom. The van der Waals surface area contributed by atoms with Crippen LogP contribution < -0.4 is 0 Å². The molecule has 1 saturated heterocycles. The van der Waals surface area contributed by atoms with Gasteiger partial charge in [0.15, 0.2) is 0 Å². The van der Waals surface area contributed by atoms with Crippen LogP contribution in [0.4, 0.5) is 0 Å². The molecule has 2 bridgehead atoms. The van der Waals surface area contributed by atoms with Gasteiger partial charge in [-0.1, -0.05) is 0 Å². The first-order valence-electron chi connectivity index (χ1n) is 5.01. The van der Waals surface area contributed by atoms with Crippen LogP contribution in [0, 0.1) is 23.7 Å². The van der Waals surface area contributed by atoms with Gasteiger partial charge in [0, 0.05) is 7.05 Å². The predicted molar refractivity (Wildman–Crippen MR) is 45.6 cm³/mol. The van der Waals surface area contributed by atoms with Crippen LogP contribution in [0.15, 0.2) is 0 Å². The number of rotatable bonds is 0. The molecule has 3 heteroatoms. The van der Waals surface area contributed by atoms with Crippen LogP contribution in [0.5, 0.6) is 0 Å². The number of carbonyl (C=O) groups excluding carboxylic acids is 2. The van der Waals surface area contributed by atoms with Crippen molar-refractivity contribution in [3.63, 3.8) is 0 Å². The number of likely N-dealkylation sites (tertiary alicyclic amines) is 1. The fourth-order valence-corrected chi connectivity index (χ4v) is 3.56. The second kappa shape index (κ2) is 2.14. The number of hydrogen-bond donors (Lipinski definition) is 0. The highest BCUT2D eigenvalue weighted by atomic mass is 16.2. The summed E-state index contributed by atoms with van der Waals surface area (Å²) < 4.78 is 0. The molecule has 13 heavy (non-hydrogen) atoms. The lowest BCUT2D eigenvalue weighted by Crippen LogP contribution is -2.28. The first kappa shape index (κ1) is 7.54. The standard InChI is InChI=1S/C10H13NO2/c1-11-9(12)7-5-2-3-6(4-5)8(7)10(11)13/h5-8H,2-4H2,1H3. The molecule has 1 aliphatic heterocycles. The van der Waals surface area contributed by atoms with E-state index in [0.717, 1.165) is 6.42 Å². The number of amides is 2. The molecular weight excluding hydrogens is 166 g/mol. The van der Waals surface area contributed by atoms with Gasteiger partial charge in [-0.3, -0.25) is 14.5 Å². The van der Waals surface area contributed by atoms with E-state index < -0.39 is 0 Å². The molecule has 3 aliphatic rings. The van der Waals surface area contributed by atoms with Gasteiger partial charge >= 0.3 is 0 Å². The third kappa shape index (κ3) is 0.713. The fourth-order valence-electron chi connectivity index (χ4n) is 3.56. The fraction of sp³-hybridized carbons (Fsp3) is 0.800. The molecule has 0 aromatic carbocycles. The van der Waals surface area contributed by atoms with E-state index in [0.29, 0.717) is 11.8 Å². The lowest BCUT2D eigenvalue weighted by atomic mass is 9.81. The second-order valence-electron chi connectivity index (χ2n) is 4.62. The maximum Gasteiger partial charge on any atom is 0.233 e. The van der Waals surface area contributed by atoms with E-state index in [1.165, 1.54) is 17.7 Å². The van der Waals surface area contributed by atoms with Gasteiger partial charge in [-0.15, -0.1) is 0 Å². The van der Waals surface area contributed by atoms with Gasteiger partial charge in [0.25, 0.3) is 0 Å². The quantitative estimate of drug-likeness (QED) is 0.512. The third-order valence-corrected chi connectivity index (χ3v) is 4.15. The molecule has 4 atom stereocenters. The summed E-state index contributed by atoms with van der Waals surface area (Å²) in [6.45, 7) is 0. The molecule has 2 saturated carbocycles. The van der Waals surface area contributed by atoms with Crippen LogP contribution in [-0.2, 0) is 9.59 Å². The molecule has 0 aromatic rings. The number of carbonyl (C=O) groups is 2. The molecule has 3 rings (SSSR count). The average Bonchev–Trinajstić information content (AvgIpc) is 2.76. The predicted octanol–water partition coefficient (Wildman–Crippen LogP) is 0.647. The second-order valence-corrected chi connectivity index (χ2v) is 4.62. The maximum atomic E-state index is 11.7. The maximum absolute atomic E-state index is 11.7. The van der Waals surface area contributed by atoms with Gasteiger partial charge in [-0.25, -0.2) is 0 Å². The summed E-state index contributed by atoms with van der Waals surface area (Å²) in [5.41, 5.74) is 0. The summed E-state index contributed by atoms with van der Waals surface area (Å²) in [7, 11) is 1.63. The number of hydrogen-bond acceptors (Lipinski definition) is 2. The summed E-state index contributed by atoms with van der Waals surface area (Å²) in [4.78, 5) is 24.7. The Bertz CT molecular complexity index is 271. The minimum Gasteiger partial charge on any atom is -0.285 e. The van der Waals surface area contributed by atoms with Gasteiger partial charge in [0.2, 0.25) is 11.8 Å². The SMILES string of the molecule is CN1C(=O)C2C3CCC(C3)C2C1=O. The van der Waals surface area contributed by atoms with E-state index >= 15 is 0 Å². The van der Waals surface area contributed by atoms with Crippen molar-refractivity contribution in [1.82, 2.24) is 4.90 Å². The van der Waals surface area contributed by atoms with Crippen molar-refractivity contribution in [2.24, 2.45) is 23.7 Å². The molecule has 2 amide bonds. The Morgan fingerprint density at radius 3 is 2.00 bits per heavy atom. The number of fused-ring (bicyclic) bond motifs is 5. The van der Waals surface area contributed by atoms with Crippen LogP contribution in [-0.4, -0.2) is 23.8 Å². The lowest BCUT2D eigenvalue weighted by molar-refractivity contribution is -0.139. The Morgan fingerprint density at radius 1 is 1.08 bits per heavy atom. The first-order chi connectivity index (χ1) is 6.20. The smallest absolute Gasteiger partial charge is 0.233 e. The number of imide groups is 1. The zero-order valence-corrected chi connectivity index (χ0v) is 7.69.